The molecule has 2 rings (SSSR count). The van der Waals surface area contributed by atoms with E-state index < -0.39 is 5.97 Å². The van der Waals surface area contributed by atoms with E-state index in [1.807, 2.05) is 0 Å². The predicted octanol–water partition coefficient (Wildman–Crippen LogP) is 1.93. The van der Waals surface area contributed by atoms with Gasteiger partial charge in [0.15, 0.2) is 0 Å². The van der Waals surface area contributed by atoms with Crippen molar-refractivity contribution in [2.24, 2.45) is 0 Å². The lowest BCUT2D eigenvalue weighted by atomic mass is 10.1. The largest absolute Gasteiger partial charge is 0.480 e. The molecule has 2 heterocycles. The Balaban J connectivity index is 2.05. The molecule has 0 spiro atoms. The minimum absolute atomic E-state index is 0.237. The zero-order valence-corrected chi connectivity index (χ0v) is 8.80. The van der Waals surface area contributed by atoms with Crippen molar-refractivity contribution in [3.63, 3.8) is 0 Å². The lowest BCUT2D eigenvalue weighted by Crippen LogP contribution is -2.31. The number of rotatable bonds is 2. The van der Waals surface area contributed by atoms with E-state index in [1.165, 1.54) is 10.4 Å². The van der Waals surface area contributed by atoms with Gasteiger partial charge < -0.3 is 5.11 Å². The maximum absolute atomic E-state index is 10.7. The smallest absolute Gasteiger partial charge is 0.320 e. The molecule has 0 radical (unpaired) electrons. The second kappa shape index (κ2) is 3.71. The van der Waals surface area contributed by atoms with Gasteiger partial charge in [0, 0.05) is 10.9 Å². The fourth-order valence-corrected chi connectivity index (χ4v) is 2.61. The Kier molecular flexibility index (Phi) is 2.56. The number of thiophene rings is 1. The van der Waals surface area contributed by atoms with Crippen molar-refractivity contribution in [1.29, 1.82) is 0 Å². The maximum Gasteiger partial charge on any atom is 0.320 e. The summed E-state index contributed by atoms with van der Waals surface area (Å²) in [4.78, 5) is 12.0. The molecule has 2 N–H and O–H groups in total. The van der Waals surface area contributed by atoms with E-state index in [2.05, 4.69) is 23.7 Å². The SMILES string of the molecule is Cc1cc(C2CCC(C(=O)O)N2)cs1. The zero-order valence-electron chi connectivity index (χ0n) is 7.99. The topological polar surface area (TPSA) is 49.3 Å². The van der Waals surface area contributed by atoms with Crippen LogP contribution in [-0.4, -0.2) is 17.1 Å². The number of carboxylic acids is 1. The normalized spacial score (nSPS) is 26.6. The summed E-state index contributed by atoms with van der Waals surface area (Å²) in [6, 6.07) is 2.01. The average Bonchev–Trinajstić information content (AvgIpc) is 2.70. The minimum Gasteiger partial charge on any atom is -0.480 e. The van der Waals surface area contributed by atoms with Crippen LogP contribution in [0.4, 0.5) is 0 Å². The van der Waals surface area contributed by atoms with Crippen LogP contribution in [0, 0.1) is 6.92 Å². The number of hydrogen-bond acceptors (Lipinski definition) is 3. The van der Waals surface area contributed by atoms with Gasteiger partial charge in [0.1, 0.15) is 6.04 Å². The molecule has 0 amide bonds. The van der Waals surface area contributed by atoms with Crippen molar-refractivity contribution in [2.45, 2.75) is 31.8 Å². The molecule has 1 aromatic rings. The first-order chi connectivity index (χ1) is 6.66. The van der Waals surface area contributed by atoms with E-state index in [0.29, 0.717) is 0 Å². The van der Waals surface area contributed by atoms with E-state index >= 15 is 0 Å². The van der Waals surface area contributed by atoms with Crippen LogP contribution in [0.3, 0.4) is 0 Å². The molecule has 0 saturated carbocycles. The van der Waals surface area contributed by atoms with Crippen molar-refractivity contribution in [3.8, 4) is 0 Å². The van der Waals surface area contributed by atoms with Crippen LogP contribution >= 0.6 is 11.3 Å². The monoisotopic (exact) mass is 211 g/mol. The molecule has 0 aromatic carbocycles. The van der Waals surface area contributed by atoms with Gasteiger partial charge >= 0.3 is 5.97 Å². The molecule has 4 heteroatoms. The van der Waals surface area contributed by atoms with Gasteiger partial charge in [0.05, 0.1) is 0 Å². The van der Waals surface area contributed by atoms with Crippen LogP contribution < -0.4 is 5.32 Å². The summed E-state index contributed by atoms with van der Waals surface area (Å²) in [7, 11) is 0. The molecule has 0 bridgehead atoms. The molecule has 1 aromatic heterocycles. The van der Waals surface area contributed by atoms with Crippen LogP contribution in [-0.2, 0) is 4.79 Å². The number of carbonyl (C=O) groups is 1. The van der Waals surface area contributed by atoms with Gasteiger partial charge in [-0.3, -0.25) is 10.1 Å². The van der Waals surface area contributed by atoms with E-state index in [1.54, 1.807) is 11.3 Å². The summed E-state index contributed by atoms with van der Waals surface area (Å²) >= 11 is 1.71. The molecule has 1 saturated heterocycles. The number of carboxylic acid groups (broad SMARTS) is 1. The molecule has 1 aliphatic heterocycles. The second-order valence-electron chi connectivity index (χ2n) is 3.68. The molecule has 14 heavy (non-hydrogen) atoms. The first-order valence-corrected chi connectivity index (χ1v) is 5.58. The van der Waals surface area contributed by atoms with Crippen molar-refractivity contribution in [1.82, 2.24) is 5.32 Å². The molecule has 76 valence electrons. The number of aryl methyl sites for hydroxylation is 1. The van der Waals surface area contributed by atoms with Gasteiger partial charge in [-0.15, -0.1) is 11.3 Å². The Morgan fingerprint density at radius 1 is 1.64 bits per heavy atom. The Bertz CT molecular complexity index is 348. The van der Waals surface area contributed by atoms with E-state index in [4.69, 9.17) is 5.11 Å². The molecule has 2 unspecified atom stereocenters. The molecule has 1 fully saturated rings. The first kappa shape index (κ1) is 9.68. The van der Waals surface area contributed by atoms with Gasteiger partial charge in [-0.25, -0.2) is 0 Å². The highest BCUT2D eigenvalue weighted by molar-refractivity contribution is 7.10. The second-order valence-corrected chi connectivity index (χ2v) is 4.79. The quantitative estimate of drug-likeness (QED) is 0.786. The average molecular weight is 211 g/mol. The van der Waals surface area contributed by atoms with Crippen LogP contribution in [0.15, 0.2) is 11.4 Å². The van der Waals surface area contributed by atoms with Crippen molar-refractivity contribution in [2.75, 3.05) is 0 Å². The van der Waals surface area contributed by atoms with Gasteiger partial charge in [-0.05, 0) is 36.8 Å². The number of aliphatic carboxylic acids is 1. The third kappa shape index (κ3) is 1.81. The molecule has 0 aliphatic carbocycles. The molecule has 1 aliphatic rings. The summed E-state index contributed by atoms with van der Waals surface area (Å²) in [6.07, 6.45) is 1.65. The Morgan fingerprint density at radius 3 is 2.93 bits per heavy atom. The maximum atomic E-state index is 10.7. The number of nitrogens with one attached hydrogen (secondary N) is 1. The molecular weight excluding hydrogens is 198 g/mol. The van der Waals surface area contributed by atoms with Crippen LogP contribution in [0.1, 0.15) is 29.3 Å². The zero-order chi connectivity index (χ0) is 10.1. The fraction of sp³-hybridized carbons (Fsp3) is 0.500. The van der Waals surface area contributed by atoms with E-state index in [-0.39, 0.29) is 12.1 Å². The Morgan fingerprint density at radius 2 is 2.43 bits per heavy atom. The summed E-state index contributed by atoms with van der Waals surface area (Å²) in [5.41, 5.74) is 1.23. The third-order valence-electron chi connectivity index (χ3n) is 2.60. The lowest BCUT2D eigenvalue weighted by Gasteiger charge is -2.09. The third-order valence-corrected chi connectivity index (χ3v) is 3.48. The van der Waals surface area contributed by atoms with Crippen molar-refractivity contribution >= 4 is 17.3 Å². The molecular formula is C10H13NO2S. The summed E-state index contributed by atoms with van der Waals surface area (Å²) < 4.78 is 0. The van der Waals surface area contributed by atoms with E-state index in [0.717, 1.165) is 12.8 Å². The van der Waals surface area contributed by atoms with Gasteiger partial charge in [0.2, 0.25) is 0 Å². The Labute approximate surface area is 86.8 Å². The number of hydrogen-bond donors (Lipinski definition) is 2. The fourth-order valence-electron chi connectivity index (χ4n) is 1.85. The molecule has 2 atom stereocenters. The van der Waals surface area contributed by atoms with Crippen LogP contribution in [0.2, 0.25) is 0 Å². The van der Waals surface area contributed by atoms with Crippen LogP contribution in [0.5, 0.6) is 0 Å². The Hall–Kier alpha value is -0.870. The summed E-state index contributed by atoms with van der Waals surface area (Å²) in [5.74, 6) is -0.737. The standard InChI is InChI=1S/C10H13NO2S/c1-6-4-7(5-14-6)8-2-3-9(11-8)10(12)13/h4-5,8-9,11H,2-3H2,1H3,(H,12,13). The highest BCUT2D eigenvalue weighted by Crippen LogP contribution is 2.29. The van der Waals surface area contributed by atoms with Gasteiger partial charge in [-0.1, -0.05) is 0 Å². The summed E-state index contributed by atoms with van der Waals surface area (Å²) in [6.45, 7) is 2.07. The lowest BCUT2D eigenvalue weighted by molar-refractivity contribution is -0.139. The first-order valence-electron chi connectivity index (χ1n) is 4.70. The molecule has 3 nitrogen and oxygen atoms in total. The van der Waals surface area contributed by atoms with Crippen LogP contribution in [0.25, 0.3) is 0 Å². The van der Waals surface area contributed by atoms with Gasteiger partial charge in [0.25, 0.3) is 0 Å². The highest BCUT2D eigenvalue weighted by Gasteiger charge is 2.29. The predicted molar refractivity (Wildman–Crippen MR) is 55.6 cm³/mol. The van der Waals surface area contributed by atoms with E-state index in [9.17, 15) is 4.79 Å². The summed E-state index contributed by atoms with van der Waals surface area (Å²) in [5, 5.41) is 14.1. The minimum atomic E-state index is -0.737. The van der Waals surface area contributed by atoms with Crippen molar-refractivity contribution < 1.29 is 9.90 Å². The highest BCUT2D eigenvalue weighted by atomic mass is 32.1. The van der Waals surface area contributed by atoms with Crippen molar-refractivity contribution in [3.05, 3.63) is 21.9 Å². The van der Waals surface area contributed by atoms with Gasteiger partial charge in [-0.2, -0.15) is 0 Å².